The molecule has 0 radical (unpaired) electrons. The lowest BCUT2D eigenvalue weighted by Gasteiger charge is -2.31. The van der Waals surface area contributed by atoms with Crippen molar-refractivity contribution in [1.82, 2.24) is 10.3 Å². The minimum atomic E-state index is -0.460. The van der Waals surface area contributed by atoms with E-state index in [1.807, 2.05) is 6.07 Å². The first kappa shape index (κ1) is 24.3. The quantitative estimate of drug-likeness (QED) is 0.574. The molecule has 1 aliphatic rings. The number of hydrazone groups is 1. The molecule has 0 saturated carbocycles. The van der Waals surface area contributed by atoms with Crippen molar-refractivity contribution in [3.63, 3.8) is 0 Å². The van der Waals surface area contributed by atoms with Crippen LogP contribution in [0.1, 0.15) is 48.2 Å². The lowest BCUT2D eigenvalue weighted by atomic mass is 10.0. The Balaban J connectivity index is 1.78. The number of benzene rings is 2. The molecule has 174 valence electrons. The average molecular weight is 472 g/mol. The van der Waals surface area contributed by atoms with E-state index in [9.17, 15) is 9.18 Å². The van der Waals surface area contributed by atoms with E-state index in [1.165, 1.54) is 24.3 Å². The van der Waals surface area contributed by atoms with Gasteiger partial charge in [-0.3, -0.25) is 9.79 Å². The highest BCUT2D eigenvalue weighted by molar-refractivity contribution is 6.34. The fourth-order valence-electron chi connectivity index (χ4n) is 3.35. The molecule has 0 aromatic heterocycles. The number of rotatable bonds is 6. The number of ether oxygens (including phenoxy) is 1. The summed E-state index contributed by atoms with van der Waals surface area (Å²) in [6.45, 7) is 10.1. The Hall–Kier alpha value is -3.39. The van der Waals surface area contributed by atoms with Crippen molar-refractivity contribution >= 4 is 40.6 Å². The van der Waals surface area contributed by atoms with Gasteiger partial charge < -0.3 is 15.4 Å². The Morgan fingerprint density at radius 2 is 2.06 bits per heavy atom. The zero-order valence-electron chi connectivity index (χ0n) is 19.3. The van der Waals surface area contributed by atoms with Crippen molar-refractivity contribution in [3.05, 3.63) is 64.4 Å². The molecule has 2 aromatic carbocycles. The fraction of sp³-hybridized carbons (Fsp3) is 0.292. The van der Waals surface area contributed by atoms with Gasteiger partial charge in [0.25, 0.3) is 5.91 Å². The van der Waals surface area contributed by atoms with E-state index in [2.05, 4.69) is 41.2 Å². The van der Waals surface area contributed by atoms with E-state index in [0.29, 0.717) is 50.9 Å². The van der Waals surface area contributed by atoms with E-state index in [-0.39, 0.29) is 12.5 Å². The number of hydrogen-bond donors (Lipinski definition) is 2. The van der Waals surface area contributed by atoms with Gasteiger partial charge >= 0.3 is 0 Å². The monoisotopic (exact) mass is 471 g/mol. The van der Waals surface area contributed by atoms with Crippen LogP contribution in [-0.2, 0) is 0 Å². The maximum Gasteiger partial charge on any atom is 0.253 e. The van der Waals surface area contributed by atoms with Crippen molar-refractivity contribution in [2.45, 2.75) is 26.7 Å². The lowest BCUT2D eigenvalue weighted by molar-refractivity contribution is 0.0959. The van der Waals surface area contributed by atoms with Crippen molar-refractivity contribution in [2.24, 2.45) is 10.1 Å². The van der Waals surface area contributed by atoms with Crippen molar-refractivity contribution in [1.29, 1.82) is 0 Å². The van der Waals surface area contributed by atoms with E-state index >= 15 is 0 Å². The van der Waals surface area contributed by atoms with Gasteiger partial charge in [0, 0.05) is 18.7 Å². The second kappa shape index (κ2) is 10.0. The first-order valence-electron chi connectivity index (χ1n) is 10.4. The average Bonchev–Trinajstić information content (AvgIpc) is 2.78. The van der Waals surface area contributed by atoms with Crippen LogP contribution in [0.25, 0.3) is 5.70 Å². The molecule has 33 heavy (non-hydrogen) atoms. The summed E-state index contributed by atoms with van der Waals surface area (Å²) >= 11 is 6.31. The Kier molecular flexibility index (Phi) is 7.38. The predicted octanol–water partition coefficient (Wildman–Crippen LogP) is 5.10. The van der Waals surface area contributed by atoms with E-state index < -0.39 is 5.82 Å². The van der Waals surface area contributed by atoms with E-state index in [1.54, 1.807) is 26.1 Å². The Morgan fingerprint density at radius 1 is 1.33 bits per heavy atom. The largest absolute Gasteiger partial charge is 0.494 e. The number of guanidine groups is 1. The molecule has 7 nitrogen and oxygen atoms in total. The van der Waals surface area contributed by atoms with Crippen LogP contribution in [0.4, 0.5) is 10.1 Å². The standard InChI is InChI=1S/C24H27ClFN5O2/c1-13(2)16-7-8-18(20(25)9-16)23(32)28-12-14(3)30-31-15(4)19-10-17(26)11-21(33-6)22(19)29-24(31)27-5/h7-11,13H,4,12H2,1-3,5-6H3,(H,27,29)(H,28,32)/b30-14+. The van der Waals surface area contributed by atoms with Crippen LogP contribution in [0, 0.1) is 5.82 Å². The summed E-state index contributed by atoms with van der Waals surface area (Å²) in [7, 11) is 3.06. The van der Waals surface area contributed by atoms with Crippen LogP contribution in [-0.4, -0.2) is 43.3 Å². The highest BCUT2D eigenvalue weighted by atomic mass is 35.5. The summed E-state index contributed by atoms with van der Waals surface area (Å²) in [6.07, 6.45) is 0. The van der Waals surface area contributed by atoms with Gasteiger partial charge in [-0.15, -0.1) is 0 Å². The van der Waals surface area contributed by atoms with Gasteiger partial charge in [-0.05, 0) is 36.6 Å². The molecule has 0 aliphatic carbocycles. The number of aliphatic imine (C=N–C) groups is 1. The smallest absolute Gasteiger partial charge is 0.253 e. The second-order valence-electron chi connectivity index (χ2n) is 7.87. The number of nitrogens with zero attached hydrogens (tertiary/aromatic N) is 3. The van der Waals surface area contributed by atoms with Crippen LogP contribution in [0.3, 0.4) is 0 Å². The molecule has 1 heterocycles. The minimum Gasteiger partial charge on any atom is -0.494 e. The highest BCUT2D eigenvalue weighted by Gasteiger charge is 2.28. The summed E-state index contributed by atoms with van der Waals surface area (Å²) in [5, 5.41) is 12.3. The van der Waals surface area contributed by atoms with E-state index in [4.69, 9.17) is 16.3 Å². The molecule has 0 bridgehead atoms. The molecule has 0 fully saturated rings. The first-order chi connectivity index (χ1) is 15.7. The van der Waals surface area contributed by atoms with Crippen molar-refractivity contribution in [3.8, 4) is 5.75 Å². The van der Waals surface area contributed by atoms with Gasteiger partial charge in [-0.1, -0.05) is 38.1 Å². The van der Waals surface area contributed by atoms with Crippen LogP contribution in [0.5, 0.6) is 5.75 Å². The van der Waals surface area contributed by atoms with E-state index in [0.717, 1.165) is 5.56 Å². The molecular formula is C24H27ClFN5O2. The molecular weight excluding hydrogens is 445 g/mol. The number of carbonyl (C=O) groups excluding carboxylic acids is 1. The van der Waals surface area contributed by atoms with Gasteiger partial charge in [0.15, 0.2) is 0 Å². The second-order valence-corrected chi connectivity index (χ2v) is 8.28. The van der Waals surface area contributed by atoms with Gasteiger partial charge in [0.05, 0.1) is 41.3 Å². The molecule has 2 N–H and O–H groups in total. The van der Waals surface area contributed by atoms with Crippen LogP contribution >= 0.6 is 11.6 Å². The number of nitrogens with one attached hydrogen (secondary N) is 2. The van der Waals surface area contributed by atoms with Gasteiger partial charge in [0.2, 0.25) is 5.96 Å². The van der Waals surface area contributed by atoms with Gasteiger partial charge in [-0.2, -0.15) is 5.10 Å². The fourth-order valence-corrected chi connectivity index (χ4v) is 3.62. The van der Waals surface area contributed by atoms with Gasteiger partial charge in [-0.25, -0.2) is 9.40 Å². The summed E-state index contributed by atoms with van der Waals surface area (Å²) < 4.78 is 19.3. The summed E-state index contributed by atoms with van der Waals surface area (Å²) in [4.78, 5) is 16.8. The molecule has 1 amide bonds. The van der Waals surface area contributed by atoms with Crippen LogP contribution < -0.4 is 15.4 Å². The normalized spacial score (nSPS) is 14.9. The SMILES string of the molecule is C=C1c2cc(F)cc(OC)c2NC(=NC)N1/N=C(\C)CNC(=O)c1ccc(C(C)C)cc1Cl. The number of anilines is 1. The molecule has 0 unspecified atom stereocenters. The third-order valence-electron chi connectivity index (χ3n) is 5.18. The number of fused-ring (bicyclic) bond motifs is 1. The highest BCUT2D eigenvalue weighted by Crippen LogP contribution is 2.38. The van der Waals surface area contributed by atoms with Crippen LogP contribution in [0.15, 0.2) is 47.0 Å². The minimum absolute atomic E-state index is 0.168. The Labute approximate surface area is 198 Å². The Morgan fingerprint density at radius 3 is 2.67 bits per heavy atom. The summed E-state index contributed by atoms with van der Waals surface area (Å²) in [5.74, 6) is 0.268. The Bertz CT molecular complexity index is 1160. The number of methoxy groups -OCH3 is 1. The maximum atomic E-state index is 14.1. The molecule has 0 saturated heterocycles. The number of hydrogen-bond acceptors (Lipinski definition) is 4. The number of carbonyl (C=O) groups is 1. The summed E-state index contributed by atoms with van der Waals surface area (Å²) in [6, 6.07) is 8.05. The van der Waals surface area contributed by atoms with Gasteiger partial charge in [0.1, 0.15) is 11.6 Å². The lowest BCUT2D eigenvalue weighted by Crippen LogP contribution is -2.37. The topological polar surface area (TPSA) is 78.3 Å². The van der Waals surface area contributed by atoms with Crippen molar-refractivity contribution < 1.29 is 13.9 Å². The zero-order valence-corrected chi connectivity index (χ0v) is 20.0. The summed E-state index contributed by atoms with van der Waals surface area (Å²) in [5.41, 5.74) is 3.50. The molecule has 1 aliphatic heterocycles. The number of amides is 1. The molecule has 9 heteroatoms. The molecule has 0 spiro atoms. The third-order valence-corrected chi connectivity index (χ3v) is 5.50. The zero-order chi connectivity index (χ0) is 24.3. The number of halogens is 2. The maximum absolute atomic E-state index is 14.1. The van der Waals surface area contributed by atoms with Crippen molar-refractivity contribution in [2.75, 3.05) is 26.0 Å². The molecule has 2 aromatic rings. The predicted molar refractivity (Wildman–Crippen MR) is 132 cm³/mol. The molecule has 0 atom stereocenters. The third kappa shape index (κ3) is 5.17. The first-order valence-corrected chi connectivity index (χ1v) is 10.8. The van der Waals surface area contributed by atoms with Crippen LogP contribution in [0.2, 0.25) is 5.02 Å². The molecule has 3 rings (SSSR count).